The molecule has 0 aromatic carbocycles. The summed E-state index contributed by atoms with van der Waals surface area (Å²) in [5.74, 6) is -0.267. The number of rotatable bonds is 3. The summed E-state index contributed by atoms with van der Waals surface area (Å²) < 4.78 is 2.32. The molecule has 98 valence electrons. The van der Waals surface area contributed by atoms with E-state index in [1.807, 2.05) is 12.3 Å². The third kappa shape index (κ3) is 2.26. The molecule has 19 heavy (non-hydrogen) atoms. The summed E-state index contributed by atoms with van der Waals surface area (Å²) in [6.45, 7) is 1.01. The van der Waals surface area contributed by atoms with E-state index in [1.54, 1.807) is 6.20 Å². The fourth-order valence-corrected chi connectivity index (χ4v) is 2.85. The van der Waals surface area contributed by atoms with Gasteiger partial charge in [-0.15, -0.1) is 0 Å². The second-order valence-electron chi connectivity index (χ2n) is 5.00. The van der Waals surface area contributed by atoms with Crippen molar-refractivity contribution in [3.8, 4) is 11.3 Å². The molecule has 0 atom stereocenters. The van der Waals surface area contributed by atoms with Crippen molar-refractivity contribution in [3.05, 3.63) is 41.9 Å². The van der Waals surface area contributed by atoms with Crippen molar-refractivity contribution in [1.29, 1.82) is 0 Å². The lowest BCUT2D eigenvalue weighted by Gasteiger charge is -2.19. The van der Waals surface area contributed by atoms with Crippen LogP contribution in [0, 0.1) is 0 Å². The summed E-state index contributed by atoms with van der Waals surface area (Å²) in [5, 5.41) is 0. The molecule has 4 heteroatoms. The van der Waals surface area contributed by atoms with Crippen molar-refractivity contribution < 1.29 is 4.79 Å². The summed E-state index contributed by atoms with van der Waals surface area (Å²) in [7, 11) is 0. The van der Waals surface area contributed by atoms with Crippen molar-refractivity contribution in [2.24, 2.45) is 5.73 Å². The molecule has 0 saturated heterocycles. The van der Waals surface area contributed by atoms with Gasteiger partial charge in [0.05, 0.1) is 12.1 Å². The maximum Gasteiger partial charge on any atom is 0.221 e. The van der Waals surface area contributed by atoms with Crippen LogP contribution in [0.25, 0.3) is 11.3 Å². The Morgan fingerprint density at radius 2 is 2.32 bits per heavy atom. The van der Waals surface area contributed by atoms with E-state index in [2.05, 4.69) is 21.7 Å². The van der Waals surface area contributed by atoms with E-state index in [0.717, 1.165) is 29.8 Å². The van der Waals surface area contributed by atoms with Crippen molar-refractivity contribution >= 4 is 5.91 Å². The van der Waals surface area contributed by atoms with Crippen molar-refractivity contribution in [3.63, 3.8) is 0 Å². The highest BCUT2D eigenvalue weighted by Gasteiger charge is 2.19. The predicted octanol–water partition coefficient (Wildman–Crippen LogP) is 1.91. The first-order valence-electron chi connectivity index (χ1n) is 6.65. The first-order valence-corrected chi connectivity index (χ1v) is 6.65. The topological polar surface area (TPSA) is 60.9 Å². The summed E-state index contributed by atoms with van der Waals surface area (Å²) in [6, 6.07) is 6.09. The van der Waals surface area contributed by atoms with Crippen LogP contribution in [0.1, 0.15) is 24.1 Å². The van der Waals surface area contributed by atoms with E-state index >= 15 is 0 Å². The third-order valence-corrected chi connectivity index (χ3v) is 3.67. The van der Waals surface area contributed by atoms with Gasteiger partial charge in [0.1, 0.15) is 0 Å². The van der Waals surface area contributed by atoms with E-state index in [9.17, 15) is 4.79 Å². The Hall–Kier alpha value is -2.10. The lowest BCUT2D eigenvalue weighted by atomic mass is 10.0. The zero-order valence-electron chi connectivity index (χ0n) is 10.8. The van der Waals surface area contributed by atoms with Crippen LogP contribution in [-0.2, 0) is 24.2 Å². The lowest BCUT2D eigenvalue weighted by Crippen LogP contribution is -2.17. The van der Waals surface area contributed by atoms with Gasteiger partial charge in [0.15, 0.2) is 0 Å². The van der Waals surface area contributed by atoms with Crippen molar-refractivity contribution in [2.45, 2.75) is 32.2 Å². The predicted molar refractivity (Wildman–Crippen MR) is 73.5 cm³/mol. The molecule has 2 N–H and O–H groups in total. The number of primary amides is 1. The zero-order chi connectivity index (χ0) is 13.2. The zero-order valence-corrected chi connectivity index (χ0v) is 10.8. The molecule has 0 unspecified atom stereocenters. The van der Waals surface area contributed by atoms with E-state index in [-0.39, 0.29) is 5.91 Å². The standard InChI is InChI=1S/C15H17N3O/c16-15(19)9-12-8-14(11-4-3-6-17-10-11)18-7-2-1-5-13(12)18/h3-4,6,8,10H,1-2,5,7,9H2,(H2,16,19). The number of carbonyl (C=O) groups is 1. The maximum absolute atomic E-state index is 11.2. The molecule has 0 spiro atoms. The minimum atomic E-state index is -0.267. The molecular formula is C15H17N3O. The number of nitrogens with zero attached hydrogens (tertiary/aromatic N) is 2. The molecule has 1 amide bonds. The Balaban J connectivity index is 2.10. The third-order valence-electron chi connectivity index (χ3n) is 3.67. The monoisotopic (exact) mass is 255 g/mol. The van der Waals surface area contributed by atoms with Crippen LogP contribution in [0.15, 0.2) is 30.6 Å². The molecule has 4 nitrogen and oxygen atoms in total. The summed E-state index contributed by atoms with van der Waals surface area (Å²) >= 11 is 0. The highest BCUT2D eigenvalue weighted by molar-refractivity contribution is 5.78. The fourth-order valence-electron chi connectivity index (χ4n) is 2.85. The van der Waals surface area contributed by atoms with Gasteiger partial charge in [-0.05, 0) is 43.0 Å². The first kappa shape index (κ1) is 12.0. The Bertz CT molecular complexity index is 601. The average molecular weight is 255 g/mol. The average Bonchev–Trinajstić information content (AvgIpc) is 2.78. The van der Waals surface area contributed by atoms with Crippen LogP contribution in [0.3, 0.4) is 0 Å². The number of pyridine rings is 1. The number of aromatic nitrogens is 2. The van der Waals surface area contributed by atoms with Gasteiger partial charge >= 0.3 is 0 Å². The number of hydrogen-bond donors (Lipinski definition) is 1. The van der Waals surface area contributed by atoms with Crippen LogP contribution in [0.2, 0.25) is 0 Å². The highest BCUT2D eigenvalue weighted by Crippen LogP contribution is 2.30. The van der Waals surface area contributed by atoms with E-state index in [1.165, 1.54) is 18.5 Å². The van der Waals surface area contributed by atoms with E-state index < -0.39 is 0 Å². The molecule has 2 aromatic heterocycles. The van der Waals surface area contributed by atoms with Crippen molar-refractivity contribution in [1.82, 2.24) is 9.55 Å². The number of carbonyl (C=O) groups excluding carboxylic acids is 1. The van der Waals surface area contributed by atoms with Gasteiger partial charge in [-0.3, -0.25) is 9.78 Å². The van der Waals surface area contributed by atoms with Gasteiger partial charge in [-0.1, -0.05) is 0 Å². The van der Waals surface area contributed by atoms with Gasteiger partial charge in [-0.2, -0.15) is 0 Å². The molecule has 3 heterocycles. The maximum atomic E-state index is 11.2. The van der Waals surface area contributed by atoms with E-state index in [0.29, 0.717) is 6.42 Å². The number of amides is 1. The quantitative estimate of drug-likeness (QED) is 0.910. The molecular weight excluding hydrogens is 238 g/mol. The van der Waals surface area contributed by atoms with Gasteiger partial charge in [-0.25, -0.2) is 0 Å². The largest absolute Gasteiger partial charge is 0.369 e. The normalized spacial score (nSPS) is 14.1. The molecule has 1 aliphatic rings. The Labute approximate surface area is 112 Å². The van der Waals surface area contributed by atoms with Gasteiger partial charge in [0, 0.05) is 30.2 Å². The summed E-state index contributed by atoms with van der Waals surface area (Å²) in [5.41, 5.74) is 9.94. The van der Waals surface area contributed by atoms with Gasteiger partial charge in [0.2, 0.25) is 5.91 Å². The Morgan fingerprint density at radius 1 is 1.42 bits per heavy atom. The molecule has 0 aliphatic carbocycles. The van der Waals surface area contributed by atoms with Crippen LogP contribution >= 0.6 is 0 Å². The molecule has 3 rings (SSSR count). The van der Waals surface area contributed by atoms with Gasteiger partial charge < -0.3 is 10.3 Å². The van der Waals surface area contributed by atoms with Crippen LogP contribution in [-0.4, -0.2) is 15.5 Å². The number of nitrogens with two attached hydrogens (primary N) is 1. The van der Waals surface area contributed by atoms with Crippen LogP contribution < -0.4 is 5.73 Å². The van der Waals surface area contributed by atoms with Crippen molar-refractivity contribution in [2.75, 3.05) is 0 Å². The molecule has 1 aliphatic heterocycles. The second kappa shape index (κ2) is 4.88. The first-order chi connectivity index (χ1) is 9.25. The number of fused-ring (bicyclic) bond motifs is 1. The lowest BCUT2D eigenvalue weighted by molar-refractivity contribution is -0.117. The Morgan fingerprint density at radius 3 is 3.05 bits per heavy atom. The summed E-state index contributed by atoms with van der Waals surface area (Å²) in [4.78, 5) is 15.4. The minimum Gasteiger partial charge on any atom is -0.369 e. The summed E-state index contributed by atoms with van der Waals surface area (Å²) in [6.07, 6.45) is 7.37. The van der Waals surface area contributed by atoms with E-state index in [4.69, 9.17) is 5.73 Å². The second-order valence-corrected chi connectivity index (χ2v) is 5.00. The fraction of sp³-hybridized carbons (Fsp3) is 0.333. The SMILES string of the molecule is NC(=O)Cc1cc(-c2cccnc2)n2c1CCCC2. The van der Waals surface area contributed by atoms with Crippen LogP contribution in [0.4, 0.5) is 0 Å². The molecule has 2 aromatic rings. The molecule has 0 fully saturated rings. The minimum absolute atomic E-state index is 0.267. The number of hydrogen-bond acceptors (Lipinski definition) is 2. The molecule has 0 saturated carbocycles. The highest BCUT2D eigenvalue weighted by atomic mass is 16.1. The molecule has 0 bridgehead atoms. The Kier molecular flexibility index (Phi) is 3.07. The molecule has 0 radical (unpaired) electrons. The van der Waals surface area contributed by atoms with Crippen LogP contribution in [0.5, 0.6) is 0 Å². The smallest absolute Gasteiger partial charge is 0.221 e. The van der Waals surface area contributed by atoms with Gasteiger partial charge in [0.25, 0.3) is 0 Å².